The number of aliphatic hydroxyl groups excluding tert-OH is 1. The molecule has 4 aromatic carbocycles. The number of benzene rings is 4. The number of allylic oxidation sites excluding steroid dienone is 2. The Labute approximate surface area is 222 Å². The second-order valence-corrected chi connectivity index (χ2v) is 8.27. The summed E-state index contributed by atoms with van der Waals surface area (Å²) in [6.45, 7) is 4.83. The van der Waals surface area contributed by atoms with E-state index < -0.39 is 0 Å². The Balaban J connectivity index is 0.000000400. The standard InChI is InChI=1S/C25H14FN2.C5H8O2.Ir/c1-15-14-28-25(17-10-16-6-2-3-7-19(16)18(11-17)13-27)22-12-23(26)20-8-4-5-9-21(20)24(15)22;1-4(6)3-5(2)7;/h2-9,11-12,14H,1H3;3,6H,1-2H3;/q-1;;/b;4-3-;. The van der Waals surface area contributed by atoms with Gasteiger partial charge < -0.3 is 5.11 Å². The zero-order valence-electron chi connectivity index (χ0n) is 19.9. The number of aliphatic hydroxyl groups is 1. The number of aromatic nitrogens is 1. The molecule has 181 valence electrons. The SMILES string of the molecule is CC(=O)/C=C(/C)O.Cc1cnc(-c2[c-]c3ccccc3c(C#N)c2)c2cc(F)c3ccccc3c12.[Ir]. The summed E-state index contributed by atoms with van der Waals surface area (Å²) in [6.07, 6.45) is 2.97. The summed E-state index contributed by atoms with van der Waals surface area (Å²) in [7, 11) is 0. The van der Waals surface area contributed by atoms with Crippen LogP contribution in [0.1, 0.15) is 25.0 Å². The summed E-state index contributed by atoms with van der Waals surface area (Å²) in [5.74, 6) is -0.342. The predicted octanol–water partition coefficient (Wildman–Crippen LogP) is 7.36. The molecule has 6 heteroatoms. The molecule has 1 heterocycles. The molecule has 4 nitrogen and oxygen atoms in total. The average molecular weight is 654 g/mol. The van der Waals surface area contributed by atoms with Gasteiger partial charge >= 0.3 is 0 Å². The van der Waals surface area contributed by atoms with Crippen LogP contribution in [0.25, 0.3) is 43.6 Å². The molecule has 36 heavy (non-hydrogen) atoms. The van der Waals surface area contributed by atoms with Crippen molar-refractivity contribution in [2.75, 3.05) is 0 Å². The molecule has 5 aromatic rings. The van der Waals surface area contributed by atoms with Crippen molar-refractivity contribution in [3.63, 3.8) is 0 Å². The van der Waals surface area contributed by atoms with Crippen LogP contribution in [0.15, 0.2) is 78.7 Å². The van der Waals surface area contributed by atoms with E-state index in [2.05, 4.69) is 17.1 Å². The number of aryl methyl sites for hydroxylation is 1. The fraction of sp³-hybridized carbons (Fsp3) is 0.100. The van der Waals surface area contributed by atoms with Crippen molar-refractivity contribution < 1.29 is 34.4 Å². The summed E-state index contributed by atoms with van der Waals surface area (Å²) in [5, 5.41) is 22.8. The third-order valence-electron chi connectivity index (χ3n) is 5.59. The Morgan fingerprint density at radius 1 is 1.03 bits per heavy atom. The van der Waals surface area contributed by atoms with Crippen molar-refractivity contribution in [3.8, 4) is 17.3 Å². The van der Waals surface area contributed by atoms with E-state index in [0.29, 0.717) is 22.2 Å². The minimum atomic E-state index is -0.280. The summed E-state index contributed by atoms with van der Waals surface area (Å²) >= 11 is 0. The zero-order valence-corrected chi connectivity index (χ0v) is 22.3. The topological polar surface area (TPSA) is 74.0 Å². The molecule has 1 radical (unpaired) electrons. The van der Waals surface area contributed by atoms with Crippen LogP contribution in [-0.4, -0.2) is 15.9 Å². The fourth-order valence-electron chi connectivity index (χ4n) is 4.20. The van der Waals surface area contributed by atoms with Gasteiger partial charge in [0.1, 0.15) is 5.82 Å². The van der Waals surface area contributed by atoms with Gasteiger partial charge in [-0.1, -0.05) is 53.4 Å². The van der Waals surface area contributed by atoms with E-state index in [1.165, 1.54) is 19.9 Å². The molecule has 1 N–H and O–H groups in total. The molecule has 0 aliphatic rings. The molecular formula is C30H22FIrN2O2-. The molecule has 0 saturated heterocycles. The van der Waals surface area contributed by atoms with E-state index in [1.807, 2.05) is 49.4 Å². The number of fused-ring (bicyclic) bond motifs is 4. The van der Waals surface area contributed by atoms with Gasteiger partial charge in [-0.25, -0.2) is 4.39 Å². The first-order valence-electron chi connectivity index (χ1n) is 11.0. The molecule has 0 amide bonds. The van der Waals surface area contributed by atoms with Gasteiger partial charge in [0.2, 0.25) is 0 Å². The molecule has 0 atom stereocenters. The number of halogens is 1. The van der Waals surface area contributed by atoms with E-state index in [9.17, 15) is 14.4 Å². The Kier molecular flexibility index (Phi) is 8.32. The molecular weight excluding hydrogens is 632 g/mol. The van der Waals surface area contributed by atoms with E-state index >= 15 is 0 Å². The van der Waals surface area contributed by atoms with Gasteiger partial charge in [-0.05, 0) is 54.1 Å². The minimum Gasteiger partial charge on any atom is -0.512 e. The van der Waals surface area contributed by atoms with Gasteiger partial charge in [-0.3, -0.25) is 9.78 Å². The number of hydrogen-bond acceptors (Lipinski definition) is 4. The van der Waals surface area contributed by atoms with E-state index in [0.717, 1.165) is 32.5 Å². The van der Waals surface area contributed by atoms with Gasteiger partial charge in [-0.15, -0.1) is 23.6 Å². The van der Waals surface area contributed by atoms with E-state index in [-0.39, 0.29) is 37.5 Å². The van der Waals surface area contributed by atoms with Crippen molar-refractivity contribution in [2.45, 2.75) is 20.8 Å². The van der Waals surface area contributed by atoms with Gasteiger partial charge in [-0.2, -0.15) is 5.26 Å². The maximum atomic E-state index is 14.9. The summed E-state index contributed by atoms with van der Waals surface area (Å²) in [4.78, 5) is 14.6. The van der Waals surface area contributed by atoms with Gasteiger partial charge in [0, 0.05) is 43.5 Å². The average Bonchev–Trinajstić information content (AvgIpc) is 2.83. The van der Waals surface area contributed by atoms with Crippen LogP contribution in [0, 0.1) is 30.1 Å². The molecule has 0 aliphatic heterocycles. The number of ketones is 1. The zero-order chi connectivity index (χ0) is 25.1. The quantitative estimate of drug-likeness (QED) is 0.0936. The number of carbonyl (C=O) groups is 1. The first-order chi connectivity index (χ1) is 16.8. The van der Waals surface area contributed by atoms with Gasteiger partial charge in [0.05, 0.1) is 11.8 Å². The minimum absolute atomic E-state index is 0. The second-order valence-electron chi connectivity index (χ2n) is 8.27. The normalized spacial score (nSPS) is 10.9. The molecule has 0 unspecified atom stereocenters. The molecule has 0 fully saturated rings. The summed E-state index contributed by atoms with van der Waals surface area (Å²) in [5.41, 5.74) is 2.86. The Morgan fingerprint density at radius 2 is 1.67 bits per heavy atom. The Morgan fingerprint density at radius 3 is 2.28 bits per heavy atom. The first kappa shape index (κ1) is 26.7. The third kappa shape index (κ3) is 5.33. The molecule has 0 bridgehead atoms. The fourth-order valence-corrected chi connectivity index (χ4v) is 4.20. The number of hydrogen-bond donors (Lipinski definition) is 1. The van der Waals surface area contributed by atoms with Crippen molar-refractivity contribution in [2.24, 2.45) is 0 Å². The monoisotopic (exact) mass is 654 g/mol. The van der Waals surface area contributed by atoms with Gasteiger partial charge in [0.25, 0.3) is 0 Å². The van der Waals surface area contributed by atoms with Crippen LogP contribution in [0.4, 0.5) is 4.39 Å². The number of nitriles is 1. The number of nitrogens with zero attached hydrogens (tertiary/aromatic N) is 2. The number of carbonyl (C=O) groups excluding carboxylic acids is 1. The van der Waals surface area contributed by atoms with Crippen LogP contribution in [0.2, 0.25) is 0 Å². The van der Waals surface area contributed by atoms with Gasteiger partial charge in [0.15, 0.2) is 5.78 Å². The Hall–Kier alpha value is -3.91. The second kappa shape index (κ2) is 11.2. The van der Waals surface area contributed by atoms with Crippen molar-refractivity contribution in [1.82, 2.24) is 4.98 Å². The van der Waals surface area contributed by atoms with Crippen LogP contribution < -0.4 is 0 Å². The smallest absolute Gasteiger partial charge is 0.155 e. The maximum Gasteiger partial charge on any atom is 0.155 e. The van der Waals surface area contributed by atoms with Crippen molar-refractivity contribution >= 4 is 38.1 Å². The van der Waals surface area contributed by atoms with Crippen LogP contribution in [0.3, 0.4) is 0 Å². The number of pyridine rings is 1. The molecule has 1 aromatic heterocycles. The van der Waals surface area contributed by atoms with Crippen LogP contribution in [-0.2, 0) is 24.9 Å². The Bertz CT molecular complexity index is 1680. The molecule has 0 spiro atoms. The predicted molar refractivity (Wildman–Crippen MR) is 138 cm³/mol. The maximum absolute atomic E-state index is 14.9. The number of rotatable bonds is 2. The molecule has 5 rings (SSSR count). The molecule has 0 aliphatic carbocycles. The largest absolute Gasteiger partial charge is 0.512 e. The van der Waals surface area contributed by atoms with Crippen LogP contribution >= 0.6 is 0 Å². The van der Waals surface area contributed by atoms with Crippen molar-refractivity contribution in [1.29, 1.82) is 5.26 Å². The van der Waals surface area contributed by atoms with Crippen LogP contribution in [0.5, 0.6) is 0 Å². The third-order valence-corrected chi connectivity index (χ3v) is 5.59. The van der Waals surface area contributed by atoms with Crippen molar-refractivity contribution in [3.05, 3.63) is 102 Å². The van der Waals surface area contributed by atoms with E-state index in [1.54, 1.807) is 24.4 Å². The summed E-state index contributed by atoms with van der Waals surface area (Å²) in [6, 6.07) is 24.1. The summed E-state index contributed by atoms with van der Waals surface area (Å²) < 4.78 is 14.9. The molecule has 0 saturated carbocycles. The van der Waals surface area contributed by atoms with E-state index in [4.69, 9.17) is 5.11 Å². The first-order valence-corrected chi connectivity index (χ1v) is 11.0.